The Hall–Kier alpha value is -3.42. The van der Waals surface area contributed by atoms with Gasteiger partial charge in [-0.1, -0.05) is 12.1 Å². The maximum absolute atomic E-state index is 6.02. The summed E-state index contributed by atoms with van der Waals surface area (Å²) in [5.74, 6) is 1.86. The highest BCUT2D eigenvalue weighted by atomic mass is 15.3. The summed E-state index contributed by atoms with van der Waals surface area (Å²) in [6, 6.07) is 8.33. The average molecular weight is 348 g/mol. The van der Waals surface area contributed by atoms with Crippen LogP contribution in [0.1, 0.15) is 24.4 Å². The Labute approximate surface area is 150 Å². The van der Waals surface area contributed by atoms with E-state index in [1.54, 1.807) is 17.1 Å². The molecule has 8 heteroatoms. The molecule has 0 aliphatic carbocycles. The van der Waals surface area contributed by atoms with Gasteiger partial charge in [-0.05, 0) is 31.5 Å². The Balaban J connectivity index is 1.57. The standard InChI is InChI=1S/C18H20N8/c1-11(13-4-6-14(7-5-13)26-9-8-20-12(26)2)22-18-23-16(19)15-10-21-25(3)17(15)24-18/h4-11H,1-3H3,(H3,19,22,23,24). The van der Waals surface area contributed by atoms with Crippen molar-refractivity contribution in [3.8, 4) is 5.69 Å². The molecule has 0 fully saturated rings. The number of benzene rings is 1. The van der Waals surface area contributed by atoms with Crippen LogP contribution in [0.25, 0.3) is 16.7 Å². The number of nitrogens with one attached hydrogen (secondary N) is 1. The summed E-state index contributed by atoms with van der Waals surface area (Å²) in [7, 11) is 1.83. The van der Waals surface area contributed by atoms with Crippen LogP contribution >= 0.6 is 0 Å². The average Bonchev–Trinajstić information content (AvgIpc) is 3.22. The molecule has 1 atom stereocenters. The van der Waals surface area contributed by atoms with Crippen molar-refractivity contribution in [1.82, 2.24) is 29.3 Å². The van der Waals surface area contributed by atoms with Gasteiger partial charge in [-0.2, -0.15) is 15.1 Å². The Morgan fingerprint density at radius 2 is 1.92 bits per heavy atom. The van der Waals surface area contributed by atoms with E-state index in [1.165, 1.54) is 0 Å². The van der Waals surface area contributed by atoms with Crippen LogP contribution in [-0.4, -0.2) is 29.3 Å². The van der Waals surface area contributed by atoms with Crippen LogP contribution in [0.4, 0.5) is 11.8 Å². The van der Waals surface area contributed by atoms with Gasteiger partial charge in [-0.25, -0.2) is 4.98 Å². The fourth-order valence-corrected chi connectivity index (χ4v) is 2.96. The molecule has 0 spiro atoms. The second-order valence-electron chi connectivity index (χ2n) is 6.24. The minimum atomic E-state index is 0.0259. The molecular weight excluding hydrogens is 328 g/mol. The van der Waals surface area contributed by atoms with Crippen molar-refractivity contribution < 1.29 is 0 Å². The molecule has 8 nitrogen and oxygen atoms in total. The maximum Gasteiger partial charge on any atom is 0.227 e. The van der Waals surface area contributed by atoms with Crippen molar-refractivity contribution in [2.75, 3.05) is 11.1 Å². The summed E-state index contributed by atoms with van der Waals surface area (Å²) in [5.41, 5.74) is 8.93. The second kappa shape index (κ2) is 6.14. The van der Waals surface area contributed by atoms with E-state index in [-0.39, 0.29) is 6.04 Å². The van der Waals surface area contributed by atoms with Crippen LogP contribution in [0.5, 0.6) is 0 Å². The molecule has 0 saturated heterocycles. The molecule has 3 N–H and O–H groups in total. The molecule has 3 heterocycles. The first kappa shape index (κ1) is 16.1. The van der Waals surface area contributed by atoms with Crippen LogP contribution in [0.2, 0.25) is 0 Å². The molecule has 0 bridgehead atoms. The lowest BCUT2D eigenvalue weighted by atomic mass is 10.1. The third-order valence-electron chi connectivity index (χ3n) is 4.46. The molecule has 0 saturated carbocycles. The summed E-state index contributed by atoms with van der Waals surface area (Å²) < 4.78 is 3.73. The molecule has 26 heavy (non-hydrogen) atoms. The molecule has 132 valence electrons. The highest BCUT2D eigenvalue weighted by Gasteiger charge is 2.12. The number of imidazole rings is 1. The first-order valence-corrected chi connectivity index (χ1v) is 8.35. The number of hydrogen-bond donors (Lipinski definition) is 2. The summed E-state index contributed by atoms with van der Waals surface area (Å²) in [6.07, 6.45) is 5.42. The molecule has 0 amide bonds. The third-order valence-corrected chi connectivity index (χ3v) is 4.46. The number of hydrogen-bond acceptors (Lipinski definition) is 6. The molecule has 1 aromatic carbocycles. The van der Waals surface area contributed by atoms with Gasteiger partial charge in [0.05, 0.1) is 17.6 Å². The number of rotatable bonds is 4. The summed E-state index contributed by atoms with van der Waals surface area (Å²) in [4.78, 5) is 13.1. The van der Waals surface area contributed by atoms with Crippen molar-refractivity contribution in [3.05, 3.63) is 54.2 Å². The van der Waals surface area contributed by atoms with Gasteiger partial charge in [0, 0.05) is 25.1 Å². The number of nitrogens with two attached hydrogens (primary N) is 1. The Morgan fingerprint density at radius 3 is 2.62 bits per heavy atom. The van der Waals surface area contributed by atoms with Crippen molar-refractivity contribution >= 4 is 22.8 Å². The van der Waals surface area contributed by atoms with Crippen LogP contribution in [0.15, 0.2) is 42.9 Å². The summed E-state index contributed by atoms with van der Waals surface area (Å²) >= 11 is 0. The lowest BCUT2D eigenvalue weighted by Crippen LogP contribution is -2.11. The fourth-order valence-electron chi connectivity index (χ4n) is 2.96. The number of nitrogens with zero attached hydrogens (tertiary/aromatic N) is 6. The van der Waals surface area contributed by atoms with E-state index in [1.807, 2.05) is 24.7 Å². The molecular formula is C18H20N8. The predicted octanol–water partition coefficient (Wildman–Crippen LogP) is 2.61. The van der Waals surface area contributed by atoms with Gasteiger partial charge >= 0.3 is 0 Å². The molecule has 0 radical (unpaired) electrons. The van der Waals surface area contributed by atoms with E-state index < -0.39 is 0 Å². The first-order chi connectivity index (χ1) is 12.5. The SMILES string of the molecule is Cc1nccn1-c1ccc(C(C)Nc2nc(N)c3cnn(C)c3n2)cc1. The van der Waals surface area contributed by atoms with E-state index >= 15 is 0 Å². The smallest absolute Gasteiger partial charge is 0.227 e. The van der Waals surface area contributed by atoms with E-state index in [2.05, 4.69) is 56.6 Å². The molecule has 0 aliphatic heterocycles. The number of fused-ring (bicyclic) bond motifs is 1. The number of anilines is 2. The maximum atomic E-state index is 6.02. The van der Waals surface area contributed by atoms with Crippen molar-refractivity contribution in [3.63, 3.8) is 0 Å². The van der Waals surface area contributed by atoms with Crippen LogP contribution in [0, 0.1) is 6.92 Å². The fraction of sp³-hybridized carbons (Fsp3) is 0.222. The van der Waals surface area contributed by atoms with Crippen molar-refractivity contribution in [2.45, 2.75) is 19.9 Å². The Kier molecular flexibility index (Phi) is 3.80. The van der Waals surface area contributed by atoms with Gasteiger partial charge in [-0.15, -0.1) is 0 Å². The molecule has 3 aromatic heterocycles. The van der Waals surface area contributed by atoms with Crippen LogP contribution in [-0.2, 0) is 7.05 Å². The lowest BCUT2D eigenvalue weighted by molar-refractivity contribution is 0.783. The number of nitrogen functional groups attached to an aromatic ring is 1. The van der Waals surface area contributed by atoms with Gasteiger partial charge in [0.25, 0.3) is 0 Å². The highest BCUT2D eigenvalue weighted by molar-refractivity contribution is 5.86. The van der Waals surface area contributed by atoms with E-state index in [0.717, 1.165) is 22.5 Å². The zero-order chi connectivity index (χ0) is 18.3. The number of aryl methyl sites for hydroxylation is 2. The molecule has 1 unspecified atom stereocenters. The van der Waals surface area contributed by atoms with Gasteiger partial charge in [-0.3, -0.25) is 4.68 Å². The van der Waals surface area contributed by atoms with Gasteiger partial charge in [0.1, 0.15) is 11.6 Å². The Bertz CT molecular complexity index is 1060. The zero-order valence-corrected chi connectivity index (χ0v) is 14.9. The largest absolute Gasteiger partial charge is 0.383 e. The highest BCUT2D eigenvalue weighted by Crippen LogP contribution is 2.23. The minimum absolute atomic E-state index is 0.0259. The summed E-state index contributed by atoms with van der Waals surface area (Å²) in [6.45, 7) is 4.04. The van der Waals surface area contributed by atoms with E-state index in [9.17, 15) is 0 Å². The van der Waals surface area contributed by atoms with E-state index in [0.29, 0.717) is 17.4 Å². The van der Waals surface area contributed by atoms with Gasteiger partial charge < -0.3 is 15.6 Å². The lowest BCUT2D eigenvalue weighted by Gasteiger charge is -2.15. The van der Waals surface area contributed by atoms with Crippen molar-refractivity contribution in [2.24, 2.45) is 7.05 Å². The third kappa shape index (κ3) is 2.75. The normalized spacial score (nSPS) is 12.4. The van der Waals surface area contributed by atoms with Crippen LogP contribution in [0.3, 0.4) is 0 Å². The molecule has 4 aromatic rings. The first-order valence-electron chi connectivity index (χ1n) is 8.35. The Morgan fingerprint density at radius 1 is 1.15 bits per heavy atom. The quantitative estimate of drug-likeness (QED) is 0.588. The minimum Gasteiger partial charge on any atom is -0.383 e. The second-order valence-corrected chi connectivity index (χ2v) is 6.24. The monoisotopic (exact) mass is 348 g/mol. The van der Waals surface area contributed by atoms with Crippen LogP contribution < -0.4 is 11.1 Å². The van der Waals surface area contributed by atoms with Gasteiger partial charge in [0.2, 0.25) is 5.95 Å². The summed E-state index contributed by atoms with van der Waals surface area (Å²) in [5, 5.41) is 8.24. The van der Waals surface area contributed by atoms with Gasteiger partial charge in [0.15, 0.2) is 5.65 Å². The number of aromatic nitrogens is 6. The van der Waals surface area contributed by atoms with Crippen molar-refractivity contribution in [1.29, 1.82) is 0 Å². The topological polar surface area (TPSA) is 99.5 Å². The van der Waals surface area contributed by atoms with E-state index in [4.69, 9.17) is 5.73 Å². The molecule has 0 aliphatic rings. The zero-order valence-electron chi connectivity index (χ0n) is 14.9. The molecule has 4 rings (SSSR count). The predicted molar refractivity (Wildman–Crippen MR) is 101 cm³/mol.